The number of halogens is 1. The van der Waals surface area contributed by atoms with Gasteiger partial charge in [-0.3, -0.25) is 0 Å². The summed E-state index contributed by atoms with van der Waals surface area (Å²) in [5.41, 5.74) is -0.209. The fourth-order valence-electron chi connectivity index (χ4n) is 1.37. The van der Waals surface area contributed by atoms with Crippen molar-refractivity contribution in [1.29, 1.82) is 0 Å². The molecule has 1 aromatic rings. The SMILES string of the molecule is Cc1sc(Br)cc1S(=O)(=O)NC1(C)CC1. The molecule has 1 N–H and O–H groups in total. The highest BCUT2D eigenvalue weighted by atomic mass is 79.9. The van der Waals surface area contributed by atoms with Crippen LogP contribution in [-0.4, -0.2) is 14.0 Å². The molecule has 1 fully saturated rings. The van der Waals surface area contributed by atoms with Crippen LogP contribution >= 0.6 is 27.3 Å². The number of nitrogens with one attached hydrogen (secondary N) is 1. The van der Waals surface area contributed by atoms with Crippen molar-refractivity contribution in [3.8, 4) is 0 Å². The number of hydrogen-bond acceptors (Lipinski definition) is 3. The van der Waals surface area contributed by atoms with E-state index in [9.17, 15) is 8.42 Å². The highest BCUT2D eigenvalue weighted by molar-refractivity contribution is 9.11. The molecule has 2 rings (SSSR count). The maximum absolute atomic E-state index is 12.0. The van der Waals surface area contributed by atoms with Gasteiger partial charge in [0.15, 0.2) is 0 Å². The van der Waals surface area contributed by atoms with Gasteiger partial charge in [-0.1, -0.05) is 0 Å². The summed E-state index contributed by atoms with van der Waals surface area (Å²) < 4.78 is 27.6. The lowest BCUT2D eigenvalue weighted by atomic mass is 10.4. The molecule has 1 heterocycles. The Hall–Kier alpha value is 0.0900. The van der Waals surface area contributed by atoms with E-state index in [0.717, 1.165) is 21.5 Å². The largest absolute Gasteiger partial charge is 0.242 e. The lowest BCUT2D eigenvalue weighted by Gasteiger charge is -2.11. The Balaban J connectivity index is 2.33. The molecular weight excluding hydrogens is 298 g/mol. The van der Waals surface area contributed by atoms with Crippen LogP contribution in [0.2, 0.25) is 0 Å². The van der Waals surface area contributed by atoms with E-state index in [-0.39, 0.29) is 5.54 Å². The van der Waals surface area contributed by atoms with Gasteiger partial charge in [0.1, 0.15) is 0 Å². The second-order valence-electron chi connectivity index (χ2n) is 4.14. The Labute approximate surface area is 102 Å². The number of hydrogen-bond donors (Lipinski definition) is 1. The fourth-order valence-corrected chi connectivity index (χ4v) is 5.25. The minimum Gasteiger partial charge on any atom is -0.207 e. The zero-order chi connectivity index (χ0) is 11.3. The standard InChI is InChI=1S/C9H12BrNO2S2/c1-6-7(5-8(10)14-6)15(12,13)11-9(2)3-4-9/h5,11H,3-4H2,1-2H3. The van der Waals surface area contributed by atoms with Crippen LogP contribution in [0.1, 0.15) is 24.6 Å². The van der Waals surface area contributed by atoms with Crippen LogP contribution in [0.25, 0.3) is 0 Å². The average Bonchev–Trinajstić information content (AvgIpc) is 2.65. The molecule has 0 radical (unpaired) electrons. The quantitative estimate of drug-likeness (QED) is 0.933. The number of thiophene rings is 1. The summed E-state index contributed by atoms with van der Waals surface area (Å²) in [6.07, 6.45) is 1.85. The highest BCUT2D eigenvalue weighted by Gasteiger charge is 2.41. The summed E-state index contributed by atoms with van der Waals surface area (Å²) >= 11 is 4.74. The van der Waals surface area contributed by atoms with Gasteiger partial charge in [-0.25, -0.2) is 13.1 Å². The topological polar surface area (TPSA) is 46.2 Å². The van der Waals surface area contributed by atoms with Gasteiger partial charge < -0.3 is 0 Å². The van der Waals surface area contributed by atoms with Crippen LogP contribution in [0.3, 0.4) is 0 Å². The first-order valence-electron chi connectivity index (χ1n) is 4.62. The van der Waals surface area contributed by atoms with Gasteiger partial charge in [-0.05, 0) is 48.7 Å². The van der Waals surface area contributed by atoms with Crippen molar-refractivity contribution in [2.24, 2.45) is 0 Å². The van der Waals surface area contributed by atoms with E-state index in [1.54, 1.807) is 6.07 Å². The molecule has 1 saturated carbocycles. The summed E-state index contributed by atoms with van der Waals surface area (Å²) in [6.45, 7) is 3.75. The number of aryl methyl sites for hydroxylation is 1. The van der Waals surface area contributed by atoms with E-state index in [1.807, 2.05) is 13.8 Å². The Morgan fingerprint density at radius 2 is 2.13 bits per heavy atom. The van der Waals surface area contributed by atoms with Crippen LogP contribution < -0.4 is 4.72 Å². The van der Waals surface area contributed by atoms with Crippen molar-refractivity contribution < 1.29 is 8.42 Å². The van der Waals surface area contributed by atoms with Crippen molar-refractivity contribution in [3.63, 3.8) is 0 Å². The van der Waals surface area contributed by atoms with Crippen molar-refractivity contribution >= 4 is 37.3 Å². The van der Waals surface area contributed by atoms with Gasteiger partial charge in [0.25, 0.3) is 0 Å². The molecule has 0 aliphatic heterocycles. The van der Waals surface area contributed by atoms with Crippen LogP contribution in [0.4, 0.5) is 0 Å². The first-order valence-corrected chi connectivity index (χ1v) is 7.72. The first-order chi connectivity index (χ1) is 6.82. The van der Waals surface area contributed by atoms with E-state index in [4.69, 9.17) is 0 Å². The van der Waals surface area contributed by atoms with Gasteiger partial charge in [0.2, 0.25) is 10.0 Å². The average molecular weight is 310 g/mol. The molecule has 0 spiro atoms. The van der Waals surface area contributed by atoms with Crippen molar-refractivity contribution in [1.82, 2.24) is 4.72 Å². The second kappa shape index (κ2) is 3.55. The van der Waals surface area contributed by atoms with Gasteiger partial charge in [0, 0.05) is 10.4 Å². The van der Waals surface area contributed by atoms with Gasteiger partial charge in [0.05, 0.1) is 8.68 Å². The van der Waals surface area contributed by atoms with Crippen molar-refractivity contribution in [3.05, 3.63) is 14.7 Å². The molecule has 1 aromatic heterocycles. The van der Waals surface area contributed by atoms with Gasteiger partial charge in [-0.2, -0.15) is 0 Å². The molecule has 0 amide bonds. The van der Waals surface area contributed by atoms with Crippen molar-refractivity contribution in [2.75, 3.05) is 0 Å². The van der Waals surface area contributed by atoms with Gasteiger partial charge >= 0.3 is 0 Å². The molecule has 15 heavy (non-hydrogen) atoms. The molecule has 1 aliphatic carbocycles. The Morgan fingerprint density at radius 3 is 2.53 bits per heavy atom. The molecular formula is C9H12BrNO2S2. The normalized spacial score (nSPS) is 19.1. The Bertz CT molecular complexity index is 488. The summed E-state index contributed by atoms with van der Waals surface area (Å²) in [5, 5.41) is 0. The predicted octanol–water partition coefficient (Wildman–Crippen LogP) is 2.65. The smallest absolute Gasteiger partial charge is 0.207 e. The van der Waals surface area contributed by atoms with E-state index >= 15 is 0 Å². The molecule has 0 bridgehead atoms. The molecule has 3 nitrogen and oxygen atoms in total. The van der Waals surface area contributed by atoms with E-state index in [0.29, 0.717) is 4.90 Å². The van der Waals surface area contributed by atoms with Crippen LogP contribution in [-0.2, 0) is 10.0 Å². The lowest BCUT2D eigenvalue weighted by molar-refractivity contribution is 0.558. The summed E-state index contributed by atoms with van der Waals surface area (Å²) in [7, 11) is -3.33. The third-order valence-corrected chi connectivity index (χ3v) is 5.96. The van der Waals surface area contributed by atoms with Gasteiger partial charge in [-0.15, -0.1) is 11.3 Å². The molecule has 0 unspecified atom stereocenters. The fraction of sp³-hybridized carbons (Fsp3) is 0.556. The summed E-state index contributed by atoms with van der Waals surface area (Å²) in [4.78, 5) is 1.21. The second-order valence-corrected chi connectivity index (χ2v) is 8.42. The molecule has 0 aromatic carbocycles. The molecule has 84 valence electrons. The summed E-state index contributed by atoms with van der Waals surface area (Å²) in [6, 6.07) is 1.66. The maximum Gasteiger partial charge on any atom is 0.242 e. The van der Waals surface area contributed by atoms with E-state index < -0.39 is 10.0 Å². The highest BCUT2D eigenvalue weighted by Crippen LogP contribution is 2.37. The van der Waals surface area contributed by atoms with Crippen LogP contribution in [0.15, 0.2) is 14.7 Å². The Morgan fingerprint density at radius 1 is 1.53 bits per heavy atom. The van der Waals surface area contributed by atoms with Crippen molar-refractivity contribution in [2.45, 2.75) is 37.1 Å². The predicted molar refractivity (Wildman–Crippen MR) is 64.7 cm³/mol. The molecule has 6 heteroatoms. The molecule has 0 saturated heterocycles. The summed E-state index contributed by atoms with van der Waals surface area (Å²) in [5.74, 6) is 0. The lowest BCUT2D eigenvalue weighted by Crippen LogP contribution is -2.34. The van der Waals surface area contributed by atoms with E-state index in [1.165, 1.54) is 11.3 Å². The number of rotatable bonds is 3. The molecule has 0 atom stereocenters. The van der Waals surface area contributed by atoms with E-state index in [2.05, 4.69) is 20.7 Å². The zero-order valence-electron chi connectivity index (χ0n) is 8.50. The molecule has 1 aliphatic rings. The first kappa shape index (κ1) is 11.6. The minimum atomic E-state index is -3.33. The third-order valence-electron chi connectivity index (χ3n) is 2.51. The monoisotopic (exact) mass is 309 g/mol. The van der Waals surface area contributed by atoms with Crippen LogP contribution in [0.5, 0.6) is 0 Å². The Kier molecular flexibility index (Phi) is 2.74. The third kappa shape index (κ3) is 2.43. The maximum atomic E-state index is 12.0. The minimum absolute atomic E-state index is 0.209. The number of sulfonamides is 1. The van der Waals surface area contributed by atoms with Crippen LogP contribution in [0, 0.1) is 6.92 Å². The zero-order valence-corrected chi connectivity index (χ0v) is 11.7.